The molecule has 0 radical (unpaired) electrons. The van der Waals surface area contributed by atoms with Crippen LogP contribution in [0.15, 0.2) is 30.3 Å². The first kappa shape index (κ1) is 12.7. The third-order valence-electron chi connectivity index (χ3n) is 2.52. The first-order chi connectivity index (χ1) is 7.56. The van der Waals surface area contributed by atoms with Crippen LogP contribution in [0.4, 0.5) is 0 Å². The minimum absolute atomic E-state index is 0.236. The maximum absolute atomic E-state index is 11.4. The Labute approximate surface area is 96.8 Å². The summed E-state index contributed by atoms with van der Waals surface area (Å²) in [4.78, 5) is 11.4. The number of hydrogen-bond acceptors (Lipinski definition) is 3. The summed E-state index contributed by atoms with van der Waals surface area (Å²) in [5.41, 5.74) is 0.638. The van der Waals surface area contributed by atoms with E-state index in [1.807, 2.05) is 32.0 Å². The summed E-state index contributed by atoms with van der Waals surface area (Å²) in [6.07, 6.45) is 0.904. The molecule has 0 spiro atoms. The number of carbonyl (C=O) groups excluding carboxylic acids is 1. The largest absolute Gasteiger partial charge is 0.468 e. The number of hydrogen-bond donors (Lipinski definition) is 1. The van der Waals surface area contributed by atoms with Crippen molar-refractivity contribution in [1.29, 1.82) is 0 Å². The van der Waals surface area contributed by atoms with Gasteiger partial charge >= 0.3 is 5.97 Å². The summed E-state index contributed by atoms with van der Waals surface area (Å²) >= 11 is 0. The molecule has 3 nitrogen and oxygen atoms in total. The number of esters is 1. The van der Waals surface area contributed by atoms with Gasteiger partial charge in [0.25, 0.3) is 0 Å². The highest BCUT2D eigenvalue weighted by atomic mass is 16.5. The molecule has 0 heterocycles. The van der Waals surface area contributed by atoms with E-state index in [2.05, 4.69) is 17.4 Å². The van der Waals surface area contributed by atoms with E-state index in [0.717, 1.165) is 13.0 Å². The molecule has 0 unspecified atom stereocenters. The molecule has 0 aliphatic heterocycles. The van der Waals surface area contributed by atoms with Crippen molar-refractivity contribution in [2.24, 2.45) is 0 Å². The SMILES string of the molecule is COC(=O)C(C)(C)NCCc1ccccc1. The molecule has 1 aromatic carbocycles. The zero-order valence-corrected chi connectivity index (χ0v) is 10.1. The minimum atomic E-state index is -0.621. The Morgan fingerprint density at radius 3 is 2.50 bits per heavy atom. The Hall–Kier alpha value is -1.35. The fraction of sp³-hybridized carbons (Fsp3) is 0.462. The van der Waals surface area contributed by atoms with E-state index in [1.165, 1.54) is 12.7 Å². The van der Waals surface area contributed by atoms with Gasteiger partial charge in [-0.25, -0.2) is 0 Å². The molecule has 0 amide bonds. The van der Waals surface area contributed by atoms with E-state index in [4.69, 9.17) is 4.74 Å². The monoisotopic (exact) mass is 221 g/mol. The lowest BCUT2D eigenvalue weighted by atomic mass is 10.1. The number of nitrogens with one attached hydrogen (secondary N) is 1. The van der Waals surface area contributed by atoms with Gasteiger partial charge in [0, 0.05) is 6.54 Å². The Morgan fingerprint density at radius 2 is 1.94 bits per heavy atom. The highest BCUT2D eigenvalue weighted by Gasteiger charge is 2.27. The highest BCUT2D eigenvalue weighted by Crippen LogP contribution is 2.05. The number of benzene rings is 1. The minimum Gasteiger partial charge on any atom is -0.468 e. The summed E-state index contributed by atoms with van der Waals surface area (Å²) in [6.45, 7) is 4.40. The summed E-state index contributed by atoms with van der Waals surface area (Å²) in [6, 6.07) is 10.2. The van der Waals surface area contributed by atoms with Gasteiger partial charge in [0.05, 0.1) is 7.11 Å². The van der Waals surface area contributed by atoms with Crippen molar-refractivity contribution in [3.05, 3.63) is 35.9 Å². The lowest BCUT2D eigenvalue weighted by Gasteiger charge is -2.23. The van der Waals surface area contributed by atoms with Crippen LogP contribution < -0.4 is 5.32 Å². The molecule has 0 fully saturated rings. The van der Waals surface area contributed by atoms with Crippen molar-refractivity contribution >= 4 is 5.97 Å². The molecule has 0 saturated carbocycles. The smallest absolute Gasteiger partial charge is 0.325 e. The van der Waals surface area contributed by atoms with Gasteiger partial charge in [-0.1, -0.05) is 30.3 Å². The zero-order valence-electron chi connectivity index (χ0n) is 10.1. The summed E-state index contributed by atoms with van der Waals surface area (Å²) in [5, 5.41) is 3.18. The second kappa shape index (κ2) is 5.66. The van der Waals surface area contributed by atoms with Gasteiger partial charge in [0.1, 0.15) is 5.54 Å². The van der Waals surface area contributed by atoms with Gasteiger partial charge < -0.3 is 10.1 Å². The van der Waals surface area contributed by atoms with Crippen LogP contribution in [0, 0.1) is 0 Å². The summed E-state index contributed by atoms with van der Waals surface area (Å²) in [5.74, 6) is -0.236. The van der Waals surface area contributed by atoms with E-state index < -0.39 is 5.54 Å². The third-order valence-corrected chi connectivity index (χ3v) is 2.52. The summed E-state index contributed by atoms with van der Waals surface area (Å²) in [7, 11) is 1.41. The van der Waals surface area contributed by atoms with Crippen molar-refractivity contribution in [2.75, 3.05) is 13.7 Å². The summed E-state index contributed by atoms with van der Waals surface area (Å²) < 4.78 is 4.72. The van der Waals surface area contributed by atoms with Crippen LogP contribution in [-0.4, -0.2) is 25.2 Å². The number of carbonyl (C=O) groups is 1. The Bertz CT molecular complexity index is 333. The molecule has 0 aliphatic rings. The second-order valence-electron chi connectivity index (χ2n) is 4.28. The lowest BCUT2D eigenvalue weighted by molar-refractivity contribution is -0.147. The van der Waals surface area contributed by atoms with Gasteiger partial charge in [-0.3, -0.25) is 4.79 Å². The first-order valence-electron chi connectivity index (χ1n) is 5.43. The van der Waals surface area contributed by atoms with Gasteiger partial charge in [-0.2, -0.15) is 0 Å². The fourth-order valence-electron chi connectivity index (χ4n) is 1.49. The third kappa shape index (κ3) is 3.66. The molecule has 0 atom stereocenters. The lowest BCUT2D eigenvalue weighted by Crippen LogP contribution is -2.48. The molecule has 0 saturated heterocycles. The standard InChI is InChI=1S/C13H19NO2/c1-13(2,12(15)16-3)14-10-9-11-7-5-4-6-8-11/h4-8,14H,9-10H2,1-3H3. The maximum atomic E-state index is 11.4. The fourth-order valence-corrected chi connectivity index (χ4v) is 1.49. The number of rotatable bonds is 5. The molecule has 1 N–H and O–H groups in total. The second-order valence-corrected chi connectivity index (χ2v) is 4.28. The van der Waals surface area contributed by atoms with E-state index in [0.29, 0.717) is 0 Å². The molecule has 0 aliphatic carbocycles. The first-order valence-corrected chi connectivity index (χ1v) is 5.43. The molecular formula is C13H19NO2. The molecule has 88 valence electrons. The molecule has 0 aromatic heterocycles. The molecule has 3 heteroatoms. The Kier molecular flexibility index (Phi) is 4.50. The van der Waals surface area contributed by atoms with E-state index in [-0.39, 0.29) is 5.97 Å². The molecule has 16 heavy (non-hydrogen) atoms. The van der Waals surface area contributed by atoms with Crippen LogP contribution in [-0.2, 0) is 16.0 Å². The van der Waals surface area contributed by atoms with E-state index >= 15 is 0 Å². The molecular weight excluding hydrogens is 202 g/mol. The number of ether oxygens (including phenoxy) is 1. The quantitative estimate of drug-likeness (QED) is 0.770. The topological polar surface area (TPSA) is 38.3 Å². The molecule has 1 aromatic rings. The number of methoxy groups -OCH3 is 1. The van der Waals surface area contributed by atoms with E-state index in [9.17, 15) is 4.79 Å². The van der Waals surface area contributed by atoms with Gasteiger partial charge in [-0.05, 0) is 25.8 Å². The van der Waals surface area contributed by atoms with Crippen LogP contribution in [0.1, 0.15) is 19.4 Å². The Balaban J connectivity index is 2.38. The highest BCUT2D eigenvalue weighted by molar-refractivity contribution is 5.79. The Morgan fingerprint density at radius 1 is 1.31 bits per heavy atom. The van der Waals surface area contributed by atoms with Crippen LogP contribution in [0.25, 0.3) is 0 Å². The van der Waals surface area contributed by atoms with Crippen molar-refractivity contribution < 1.29 is 9.53 Å². The van der Waals surface area contributed by atoms with Gasteiger partial charge in [0.2, 0.25) is 0 Å². The zero-order chi connectivity index (χ0) is 12.0. The van der Waals surface area contributed by atoms with Crippen molar-refractivity contribution in [1.82, 2.24) is 5.32 Å². The van der Waals surface area contributed by atoms with Crippen molar-refractivity contribution in [3.8, 4) is 0 Å². The average molecular weight is 221 g/mol. The van der Waals surface area contributed by atoms with Gasteiger partial charge in [-0.15, -0.1) is 0 Å². The maximum Gasteiger partial charge on any atom is 0.325 e. The van der Waals surface area contributed by atoms with E-state index in [1.54, 1.807) is 0 Å². The predicted molar refractivity (Wildman–Crippen MR) is 64.2 cm³/mol. The van der Waals surface area contributed by atoms with Crippen LogP contribution in [0.2, 0.25) is 0 Å². The van der Waals surface area contributed by atoms with Crippen molar-refractivity contribution in [3.63, 3.8) is 0 Å². The van der Waals surface area contributed by atoms with Crippen LogP contribution in [0.3, 0.4) is 0 Å². The van der Waals surface area contributed by atoms with Crippen molar-refractivity contribution in [2.45, 2.75) is 25.8 Å². The molecule has 1 rings (SSSR count). The van der Waals surface area contributed by atoms with Gasteiger partial charge in [0.15, 0.2) is 0 Å². The van der Waals surface area contributed by atoms with Crippen LogP contribution in [0.5, 0.6) is 0 Å². The normalized spacial score (nSPS) is 11.2. The van der Waals surface area contributed by atoms with Crippen LogP contribution >= 0.6 is 0 Å². The average Bonchev–Trinajstić information content (AvgIpc) is 2.29. The molecule has 0 bridgehead atoms. The predicted octanol–water partition coefficient (Wildman–Crippen LogP) is 1.77.